The number of hydrogen-bond acceptors (Lipinski definition) is 6. The third-order valence-electron chi connectivity index (χ3n) is 4.48. The highest BCUT2D eigenvalue weighted by Gasteiger charge is 2.14. The average molecular weight is 370 g/mol. The molecule has 2 aromatic rings. The Balaban J connectivity index is 1.23. The zero-order valence-electron chi connectivity index (χ0n) is 14.9. The number of carbonyl (C=O) groups is 1. The van der Waals surface area contributed by atoms with Crippen LogP contribution in [0.4, 0.5) is 16.3 Å². The molecule has 0 saturated carbocycles. The van der Waals surface area contributed by atoms with Crippen LogP contribution in [0.5, 0.6) is 11.5 Å². The molecule has 2 N–H and O–H groups in total. The van der Waals surface area contributed by atoms with Gasteiger partial charge in [0.25, 0.3) is 0 Å². The van der Waals surface area contributed by atoms with Crippen molar-refractivity contribution >= 4 is 17.5 Å². The molecule has 0 spiro atoms. The van der Waals surface area contributed by atoms with E-state index in [-0.39, 0.29) is 12.8 Å². The number of aromatic nitrogens is 1. The number of hydrogen-bond donors (Lipinski definition) is 2. The number of nitrogens with zero attached hydrogens (tertiary/aromatic N) is 2. The maximum Gasteiger partial charge on any atom is 0.319 e. The Labute approximate surface area is 157 Å². The van der Waals surface area contributed by atoms with Crippen molar-refractivity contribution in [1.29, 1.82) is 0 Å². The highest BCUT2D eigenvalue weighted by Crippen LogP contribution is 2.32. The summed E-state index contributed by atoms with van der Waals surface area (Å²) in [7, 11) is 0. The number of ether oxygens (including phenoxy) is 3. The SMILES string of the molecule is O=C(NCCc1ccc2c(c1)OCO2)Nc1ccc(N2CCOCC2)nc1. The zero-order valence-corrected chi connectivity index (χ0v) is 14.9. The molecule has 1 aromatic heterocycles. The van der Waals surface area contributed by atoms with Crippen molar-refractivity contribution in [3.8, 4) is 11.5 Å². The number of carbonyl (C=O) groups excluding carboxylic acids is 1. The molecule has 2 amide bonds. The first-order valence-corrected chi connectivity index (χ1v) is 9.00. The van der Waals surface area contributed by atoms with Crippen LogP contribution in [0, 0.1) is 0 Å². The number of benzene rings is 1. The Morgan fingerprint density at radius 1 is 1.11 bits per heavy atom. The Hall–Kier alpha value is -3.00. The van der Waals surface area contributed by atoms with E-state index in [0.29, 0.717) is 31.9 Å². The molecule has 0 unspecified atom stereocenters. The minimum Gasteiger partial charge on any atom is -0.454 e. The Bertz CT molecular complexity index is 791. The summed E-state index contributed by atoms with van der Waals surface area (Å²) in [6, 6.07) is 9.32. The molecule has 8 heteroatoms. The third-order valence-corrected chi connectivity index (χ3v) is 4.48. The lowest BCUT2D eigenvalue weighted by Crippen LogP contribution is -2.36. The van der Waals surface area contributed by atoms with Crippen molar-refractivity contribution in [1.82, 2.24) is 10.3 Å². The zero-order chi connectivity index (χ0) is 18.5. The van der Waals surface area contributed by atoms with Crippen molar-refractivity contribution < 1.29 is 19.0 Å². The van der Waals surface area contributed by atoms with E-state index in [4.69, 9.17) is 14.2 Å². The van der Waals surface area contributed by atoms with Crippen LogP contribution in [-0.2, 0) is 11.2 Å². The van der Waals surface area contributed by atoms with Gasteiger partial charge in [0.15, 0.2) is 11.5 Å². The van der Waals surface area contributed by atoms with E-state index in [1.165, 1.54) is 0 Å². The second-order valence-electron chi connectivity index (χ2n) is 6.32. The van der Waals surface area contributed by atoms with Crippen molar-refractivity contribution in [3.63, 3.8) is 0 Å². The molecule has 2 aliphatic heterocycles. The molecule has 142 valence electrons. The van der Waals surface area contributed by atoms with E-state index >= 15 is 0 Å². The predicted octanol–water partition coefficient (Wildman–Crippen LogP) is 2.01. The lowest BCUT2D eigenvalue weighted by Gasteiger charge is -2.27. The fourth-order valence-corrected chi connectivity index (χ4v) is 3.03. The third kappa shape index (κ3) is 4.40. The van der Waals surface area contributed by atoms with Crippen LogP contribution < -0.4 is 25.0 Å². The predicted molar refractivity (Wildman–Crippen MR) is 101 cm³/mol. The van der Waals surface area contributed by atoms with E-state index in [2.05, 4.69) is 20.5 Å². The molecule has 2 aliphatic rings. The van der Waals surface area contributed by atoms with Crippen LogP contribution in [-0.4, -0.2) is 50.7 Å². The first kappa shape index (κ1) is 17.4. The fourth-order valence-electron chi connectivity index (χ4n) is 3.03. The summed E-state index contributed by atoms with van der Waals surface area (Å²) in [5.41, 5.74) is 1.74. The van der Waals surface area contributed by atoms with Crippen LogP contribution in [0.3, 0.4) is 0 Å². The number of fused-ring (bicyclic) bond motifs is 1. The molecule has 0 aliphatic carbocycles. The van der Waals surface area contributed by atoms with E-state index in [9.17, 15) is 4.79 Å². The number of amides is 2. The topological polar surface area (TPSA) is 85.0 Å². The summed E-state index contributed by atoms with van der Waals surface area (Å²) < 4.78 is 16.0. The first-order valence-electron chi connectivity index (χ1n) is 9.00. The standard InChI is InChI=1S/C19H22N4O4/c24-19(20-6-5-14-1-3-16-17(11-14)27-13-26-16)22-15-2-4-18(21-12-15)23-7-9-25-10-8-23/h1-4,11-12H,5-10,13H2,(H2,20,22,24). The molecule has 8 nitrogen and oxygen atoms in total. The smallest absolute Gasteiger partial charge is 0.319 e. The lowest BCUT2D eigenvalue weighted by molar-refractivity contribution is 0.122. The highest BCUT2D eigenvalue weighted by atomic mass is 16.7. The number of rotatable bonds is 5. The van der Waals surface area contributed by atoms with Gasteiger partial charge >= 0.3 is 6.03 Å². The van der Waals surface area contributed by atoms with Crippen molar-refractivity contribution in [3.05, 3.63) is 42.1 Å². The van der Waals surface area contributed by atoms with Gasteiger partial charge < -0.3 is 29.7 Å². The molecular weight excluding hydrogens is 348 g/mol. The average Bonchev–Trinajstić information content (AvgIpc) is 3.17. The van der Waals surface area contributed by atoms with Gasteiger partial charge in [0, 0.05) is 19.6 Å². The Morgan fingerprint density at radius 2 is 1.96 bits per heavy atom. The van der Waals surface area contributed by atoms with Gasteiger partial charge in [0.05, 0.1) is 25.1 Å². The summed E-state index contributed by atoms with van der Waals surface area (Å²) in [5, 5.41) is 5.65. The normalized spacial score (nSPS) is 15.5. The van der Waals surface area contributed by atoms with Gasteiger partial charge in [-0.15, -0.1) is 0 Å². The van der Waals surface area contributed by atoms with Crippen molar-refractivity contribution in [2.75, 3.05) is 49.9 Å². The summed E-state index contributed by atoms with van der Waals surface area (Å²) in [6.07, 6.45) is 2.38. The van der Waals surface area contributed by atoms with Gasteiger partial charge in [-0.3, -0.25) is 0 Å². The maximum atomic E-state index is 12.1. The van der Waals surface area contributed by atoms with E-state index in [1.54, 1.807) is 6.20 Å². The van der Waals surface area contributed by atoms with Gasteiger partial charge in [-0.1, -0.05) is 6.07 Å². The molecule has 1 aromatic carbocycles. The number of urea groups is 1. The van der Waals surface area contributed by atoms with Gasteiger partial charge in [0.1, 0.15) is 5.82 Å². The molecular formula is C19H22N4O4. The number of nitrogens with one attached hydrogen (secondary N) is 2. The second-order valence-corrected chi connectivity index (χ2v) is 6.32. The summed E-state index contributed by atoms with van der Waals surface area (Å²) >= 11 is 0. The summed E-state index contributed by atoms with van der Waals surface area (Å²) in [5.74, 6) is 2.41. The second kappa shape index (κ2) is 8.13. The molecule has 1 fully saturated rings. The molecule has 3 heterocycles. The minimum atomic E-state index is -0.253. The lowest BCUT2D eigenvalue weighted by atomic mass is 10.1. The van der Waals surface area contributed by atoms with Crippen molar-refractivity contribution in [2.24, 2.45) is 0 Å². The Kier molecular flexibility index (Phi) is 5.24. The van der Waals surface area contributed by atoms with Gasteiger partial charge in [-0.05, 0) is 36.2 Å². The van der Waals surface area contributed by atoms with Crippen LogP contribution >= 0.6 is 0 Å². The monoisotopic (exact) mass is 370 g/mol. The van der Waals surface area contributed by atoms with E-state index in [0.717, 1.165) is 36.0 Å². The van der Waals surface area contributed by atoms with Gasteiger partial charge in [0.2, 0.25) is 6.79 Å². The molecule has 1 saturated heterocycles. The van der Waals surface area contributed by atoms with Crippen LogP contribution in [0.1, 0.15) is 5.56 Å². The number of pyridine rings is 1. The Morgan fingerprint density at radius 3 is 2.78 bits per heavy atom. The van der Waals surface area contributed by atoms with Crippen LogP contribution in [0.2, 0.25) is 0 Å². The fraction of sp³-hybridized carbons (Fsp3) is 0.368. The quantitative estimate of drug-likeness (QED) is 0.838. The summed E-state index contributed by atoms with van der Waals surface area (Å²) in [6.45, 7) is 3.88. The largest absolute Gasteiger partial charge is 0.454 e. The summed E-state index contributed by atoms with van der Waals surface area (Å²) in [4.78, 5) is 18.6. The van der Waals surface area contributed by atoms with Crippen LogP contribution in [0.15, 0.2) is 36.5 Å². The van der Waals surface area contributed by atoms with Gasteiger partial charge in [-0.25, -0.2) is 9.78 Å². The maximum absolute atomic E-state index is 12.1. The molecule has 0 atom stereocenters. The molecule has 27 heavy (non-hydrogen) atoms. The van der Waals surface area contributed by atoms with E-state index < -0.39 is 0 Å². The minimum absolute atomic E-state index is 0.253. The number of anilines is 2. The van der Waals surface area contributed by atoms with E-state index in [1.807, 2.05) is 30.3 Å². The molecule has 0 bridgehead atoms. The highest BCUT2D eigenvalue weighted by molar-refractivity contribution is 5.89. The molecule has 4 rings (SSSR count). The number of morpholine rings is 1. The first-order chi connectivity index (χ1) is 13.3. The molecule has 0 radical (unpaired) electrons. The van der Waals surface area contributed by atoms with Crippen LogP contribution in [0.25, 0.3) is 0 Å². The van der Waals surface area contributed by atoms with Crippen molar-refractivity contribution in [2.45, 2.75) is 6.42 Å². The van der Waals surface area contributed by atoms with Gasteiger partial charge in [-0.2, -0.15) is 0 Å².